The van der Waals surface area contributed by atoms with Crippen LogP contribution in [-0.2, 0) is 12.2 Å². The number of nitrogens with one attached hydrogen (secondary N) is 2. The summed E-state index contributed by atoms with van der Waals surface area (Å²) < 4.78 is 2.63. The van der Waals surface area contributed by atoms with Crippen LogP contribution in [0.3, 0.4) is 0 Å². The maximum Gasteiger partial charge on any atom is 0.273 e. The van der Waals surface area contributed by atoms with Gasteiger partial charge in [0.2, 0.25) is 0 Å². The lowest BCUT2D eigenvalue weighted by Crippen LogP contribution is -2.42. The van der Waals surface area contributed by atoms with E-state index in [-0.39, 0.29) is 11.8 Å². The molecule has 2 N–H and O–H groups in total. The molecule has 3 aromatic rings. The molecular weight excluding hydrogens is 446 g/mol. The Kier molecular flexibility index (Phi) is 5.38. The van der Waals surface area contributed by atoms with Gasteiger partial charge in [-0.05, 0) is 57.9 Å². The number of hydrogen-bond acceptors (Lipinski definition) is 4. The number of thiophene rings is 1. The van der Waals surface area contributed by atoms with Crippen LogP contribution in [0.15, 0.2) is 53.3 Å². The van der Waals surface area contributed by atoms with Crippen molar-refractivity contribution in [1.82, 2.24) is 15.4 Å². The van der Waals surface area contributed by atoms with Gasteiger partial charge in [-0.1, -0.05) is 12.1 Å². The Balaban J connectivity index is 1.59. The second-order valence-electron chi connectivity index (χ2n) is 5.96. The number of hydrogen-bond donors (Lipinski definition) is 2. The first-order chi connectivity index (χ1) is 13.1. The van der Waals surface area contributed by atoms with E-state index in [2.05, 4.69) is 26.8 Å². The van der Waals surface area contributed by atoms with E-state index < -0.39 is 0 Å². The van der Waals surface area contributed by atoms with Crippen molar-refractivity contribution in [2.24, 2.45) is 0 Å². The van der Waals surface area contributed by atoms with Gasteiger partial charge >= 0.3 is 0 Å². The van der Waals surface area contributed by atoms with E-state index in [1.165, 1.54) is 4.88 Å². The minimum Gasteiger partial charge on any atom is -0.315 e. The fourth-order valence-electron chi connectivity index (χ4n) is 2.99. The number of carbonyl (C=O) groups is 2. The average Bonchev–Trinajstić information content (AvgIpc) is 3.33. The second-order valence-corrected chi connectivity index (χ2v) is 9.01. The molecule has 0 atom stereocenters. The lowest BCUT2D eigenvalue weighted by atomic mass is 10.1. The first-order valence-electron chi connectivity index (χ1n) is 8.36. The summed E-state index contributed by atoms with van der Waals surface area (Å²) in [5.74, 6) is 1.27. The van der Waals surface area contributed by atoms with Crippen molar-refractivity contribution in [3.05, 3.63) is 74.8 Å². The van der Waals surface area contributed by atoms with Gasteiger partial charge in [0, 0.05) is 27.5 Å². The van der Waals surface area contributed by atoms with Gasteiger partial charge in [0.05, 0.1) is 11.1 Å². The molecule has 0 unspecified atom stereocenters. The van der Waals surface area contributed by atoms with Gasteiger partial charge < -0.3 is 4.57 Å². The third-order valence-corrected chi connectivity index (χ3v) is 7.38. The van der Waals surface area contributed by atoms with Crippen molar-refractivity contribution in [2.45, 2.75) is 12.2 Å². The molecule has 5 nitrogen and oxygen atoms in total. The molecule has 27 heavy (non-hydrogen) atoms. The van der Waals surface area contributed by atoms with Crippen LogP contribution in [0, 0.1) is 0 Å². The Labute approximate surface area is 173 Å². The number of halogens is 1. The molecule has 0 radical (unpaired) electrons. The number of nitrogens with zero attached hydrogens (tertiary/aromatic N) is 1. The zero-order valence-electron chi connectivity index (χ0n) is 14.2. The first-order valence-corrected chi connectivity index (χ1v) is 11.1. The van der Waals surface area contributed by atoms with Gasteiger partial charge in [-0.2, -0.15) is 11.8 Å². The van der Waals surface area contributed by atoms with Gasteiger partial charge in [-0.15, -0.1) is 11.3 Å². The highest BCUT2D eigenvalue weighted by Gasteiger charge is 2.26. The smallest absolute Gasteiger partial charge is 0.273 e. The highest BCUT2D eigenvalue weighted by atomic mass is 79.9. The summed E-state index contributed by atoms with van der Waals surface area (Å²) in [6.07, 6.45) is 4.72. The Morgan fingerprint density at radius 3 is 2.56 bits per heavy atom. The molecule has 0 aliphatic carbocycles. The third-order valence-electron chi connectivity index (χ3n) is 4.28. The van der Waals surface area contributed by atoms with Crippen LogP contribution < -0.4 is 10.9 Å². The fraction of sp³-hybridized carbons (Fsp3) is 0.158. The molecule has 0 saturated carbocycles. The van der Waals surface area contributed by atoms with E-state index in [9.17, 15) is 9.59 Å². The molecule has 8 heteroatoms. The summed E-state index contributed by atoms with van der Waals surface area (Å²) >= 11 is 6.87. The summed E-state index contributed by atoms with van der Waals surface area (Å²) in [6.45, 7) is 0. The van der Waals surface area contributed by atoms with E-state index in [4.69, 9.17) is 0 Å². The monoisotopic (exact) mass is 461 g/mol. The molecule has 2 amide bonds. The predicted molar refractivity (Wildman–Crippen MR) is 113 cm³/mol. The van der Waals surface area contributed by atoms with Gasteiger partial charge in [0.1, 0.15) is 5.00 Å². The maximum atomic E-state index is 13.0. The highest BCUT2D eigenvalue weighted by molar-refractivity contribution is 9.10. The number of hydrazine groups is 1. The summed E-state index contributed by atoms with van der Waals surface area (Å²) in [5.41, 5.74) is 7.33. The molecule has 0 spiro atoms. The number of benzene rings is 1. The third kappa shape index (κ3) is 3.69. The average molecular weight is 462 g/mol. The highest BCUT2D eigenvalue weighted by Crippen LogP contribution is 2.38. The zero-order valence-corrected chi connectivity index (χ0v) is 17.4. The van der Waals surface area contributed by atoms with Gasteiger partial charge in [0.15, 0.2) is 0 Å². The van der Waals surface area contributed by atoms with Gasteiger partial charge in [-0.3, -0.25) is 20.4 Å². The minimum absolute atomic E-state index is 0.288. The minimum atomic E-state index is -0.363. The van der Waals surface area contributed by atoms with Gasteiger partial charge in [0.25, 0.3) is 11.8 Å². The fourth-order valence-corrected chi connectivity index (χ4v) is 5.90. The number of carbonyl (C=O) groups excluding carboxylic acids is 2. The summed E-state index contributed by atoms with van der Waals surface area (Å²) in [5, 5.41) is 0.889. The standard InChI is InChI=1S/C19H16BrN3O2S2/c20-14-6-2-1-5-12(14)17(24)21-22-18(25)16-13-7-10-26-11-15(13)27-19(16)23-8-3-4-9-23/h1-6,8-9H,7,10-11H2,(H,21,24)(H,22,25). The molecular formula is C19H16BrN3O2S2. The van der Waals surface area contributed by atoms with Crippen molar-refractivity contribution < 1.29 is 9.59 Å². The number of fused-ring (bicyclic) bond motifs is 1. The quantitative estimate of drug-likeness (QED) is 0.575. The van der Waals surface area contributed by atoms with E-state index in [1.807, 2.05) is 46.9 Å². The summed E-state index contributed by atoms with van der Waals surface area (Å²) in [4.78, 5) is 26.6. The normalized spacial score (nSPS) is 13.1. The first kappa shape index (κ1) is 18.3. The van der Waals surface area contributed by atoms with Crippen LogP contribution in [0.2, 0.25) is 0 Å². The summed E-state index contributed by atoms with van der Waals surface area (Å²) in [6, 6.07) is 11.0. The Bertz CT molecular complexity index is 999. The molecule has 138 valence electrons. The molecule has 0 bridgehead atoms. The maximum absolute atomic E-state index is 13.0. The van der Waals surface area contributed by atoms with E-state index in [0.29, 0.717) is 15.6 Å². The van der Waals surface area contributed by atoms with Crippen LogP contribution >= 0.6 is 39.0 Å². The Morgan fingerprint density at radius 2 is 1.78 bits per heavy atom. The molecule has 1 aliphatic rings. The molecule has 0 saturated heterocycles. The van der Waals surface area contributed by atoms with Gasteiger partial charge in [-0.25, -0.2) is 0 Å². The topological polar surface area (TPSA) is 63.1 Å². The van der Waals surface area contributed by atoms with Crippen molar-refractivity contribution in [2.75, 3.05) is 5.75 Å². The van der Waals surface area contributed by atoms with Crippen molar-refractivity contribution in [3.63, 3.8) is 0 Å². The SMILES string of the molecule is O=C(NNC(=O)c1c(-n2cccc2)sc2c1CCSC2)c1ccccc1Br. The molecule has 1 aliphatic heterocycles. The van der Waals surface area contributed by atoms with Crippen LogP contribution in [0.4, 0.5) is 0 Å². The van der Waals surface area contributed by atoms with Crippen LogP contribution in [0.25, 0.3) is 5.00 Å². The lowest BCUT2D eigenvalue weighted by molar-refractivity contribution is 0.0846. The van der Waals surface area contributed by atoms with Crippen molar-refractivity contribution in [3.8, 4) is 5.00 Å². The number of rotatable bonds is 3. The van der Waals surface area contributed by atoms with E-state index >= 15 is 0 Å². The molecule has 4 rings (SSSR count). The Hall–Kier alpha value is -2.03. The second kappa shape index (κ2) is 7.92. The molecule has 3 heterocycles. The number of aromatic nitrogens is 1. The van der Waals surface area contributed by atoms with E-state index in [1.54, 1.807) is 29.5 Å². The lowest BCUT2D eigenvalue weighted by Gasteiger charge is -2.14. The molecule has 0 fully saturated rings. The molecule has 1 aromatic carbocycles. The molecule has 2 aromatic heterocycles. The number of amides is 2. The van der Waals surface area contributed by atoms with Crippen LogP contribution in [0.5, 0.6) is 0 Å². The van der Waals surface area contributed by atoms with Crippen molar-refractivity contribution >= 4 is 50.8 Å². The van der Waals surface area contributed by atoms with Crippen LogP contribution in [0.1, 0.15) is 31.2 Å². The van der Waals surface area contributed by atoms with E-state index in [0.717, 1.165) is 28.5 Å². The number of thioether (sulfide) groups is 1. The zero-order chi connectivity index (χ0) is 18.8. The Morgan fingerprint density at radius 1 is 1.04 bits per heavy atom. The predicted octanol–water partition coefficient (Wildman–Crippen LogP) is 4.17. The largest absolute Gasteiger partial charge is 0.315 e. The summed E-state index contributed by atoms with van der Waals surface area (Å²) in [7, 11) is 0. The van der Waals surface area contributed by atoms with Crippen LogP contribution in [-0.4, -0.2) is 22.1 Å². The van der Waals surface area contributed by atoms with Crippen molar-refractivity contribution in [1.29, 1.82) is 0 Å².